The van der Waals surface area contributed by atoms with E-state index in [0.29, 0.717) is 25.2 Å². The molecule has 1 fully saturated rings. The van der Waals surface area contributed by atoms with Crippen molar-refractivity contribution in [3.8, 4) is 0 Å². The molecule has 112 valence electrons. The van der Waals surface area contributed by atoms with Crippen molar-refractivity contribution in [3.05, 3.63) is 35.4 Å². The van der Waals surface area contributed by atoms with Crippen LogP contribution in [0.2, 0.25) is 0 Å². The molecule has 2 rings (SSSR count). The minimum Gasteiger partial charge on any atom is -0.379 e. The Balaban J connectivity index is 2.07. The van der Waals surface area contributed by atoms with Crippen LogP contribution < -0.4 is 5.73 Å². The monoisotopic (exact) mass is 284 g/mol. The number of hydrogen-bond acceptors (Lipinski definition) is 3. The Morgan fingerprint density at radius 2 is 1.75 bits per heavy atom. The number of hydrogen-bond donors (Lipinski definition) is 1. The summed E-state index contributed by atoms with van der Waals surface area (Å²) in [7, 11) is 0. The molecule has 0 radical (unpaired) electrons. The van der Waals surface area contributed by atoms with Crippen molar-refractivity contribution in [2.45, 2.75) is 31.8 Å². The number of benzene rings is 1. The van der Waals surface area contributed by atoms with Gasteiger partial charge in [-0.1, -0.05) is 0 Å². The third-order valence-corrected chi connectivity index (χ3v) is 4.11. The predicted octanol–water partition coefficient (Wildman–Crippen LogP) is 1.95. The van der Waals surface area contributed by atoms with Crippen LogP contribution in [0.1, 0.15) is 19.4 Å². The van der Waals surface area contributed by atoms with Gasteiger partial charge in [0.1, 0.15) is 11.6 Å². The summed E-state index contributed by atoms with van der Waals surface area (Å²) in [6.07, 6.45) is 0.443. The first-order valence-electron chi connectivity index (χ1n) is 6.93. The average Bonchev–Trinajstić information content (AvgIpc) is 2.38. The summed E-state index contributed by atoms with van der Waals surface area (Å²) in [6.45, 7) is 7.20. The Bertz CT molecular complexity index is 439. The standard InChI is InChI=1S/C15H22F2N2O/c1-15(2,19-3-5-20-6-4-19)14(18)9-11-7-12(16)10-13(17)8-11/h7-8,10,14H,3-6,9,18H2,1-2H3. The normalized spacial score (nSPS) is 19.1. The molecule has 1 aromatic rings. The highest BCUT2D eigenvalue weighted by Crippen LogP contribution is 2.22. The first-order valence-corrected chi connectivity index (χ1v) is 6.93. The largest absolute Gasteiger partial charge is 0.379 e. The topological polar surface area (TPSA) is 38.5 Å². The fourth-order valence-corrected chi connectivity index (χ4v) is 2.61. The Morgan fingerprint density at radius 3 is 2.30 bits per heavy atom. The zero-order valence-corrected chi connectivity index (χ0v) is 12.0. The highest BCUT2D eigenvalue weighted by Gasteiger charge is 2.34. The summed E-state index contributed by atoms with van der Waals surface area (Å²) < 4.78 is 31.8. The SMILES string of the molecule is CC(C)(C(N)Cc1cc(F)cc(F)c1)N1CCOCC1. The number of morpholine rings is 1. The highest BCUT2D eigenvalue weighted by atomic mass is 19.1. The van der Waals surface area contributed by atoms with E-state index in [1.165, 1.54) is 12.1 Å². The van der Waals surface area contributed by atoms with Gasteiger partial charge >= 0.3 is 0 Å². The molecule has 1 atom stereocenters. The number of rotatable bonds is 4. The molecule has 2 N–H and O–H groups in total. The second-order valence-corrected chi connectivity index (χ2v) is 5.84. The van der Waals surface area contributed by atoms with Crippen molar-refractivity contribution in [2.75, 3.05) is 26.3 Å². The van der Waals surface area contributed by atoms with Crippen LogP contribution in [0.3, 0.4) is 0 Å². The van der Waals surface area contributed by atoms with Crippen LogP contribution in [-0.2, 0) is 11.2 Å². The molecule has 1 aliphatic heterocycles. The molecule has 0 aromatic heterocycles. The molecule has 20 heavy (non-hydrogen) atoms. The summed E-state index contributed by atoms with van der Waals surface area (Å²) in [5, 5.41) is 0. The summed E-state index contributed by atoms with van der Waals surface area (Å²) in [4.78, 5) is 2.27. The van der Waals surface area contributed by atoms with Crippen molar-refractivity contribution in [2.24, 2.45) is 5.73 Å². The molecule has 0 amide bonds. The van der Waals surface area contributed by atoms with Crippen LogP contribution in [0.25, 0.3) is 0 Å². The lowest BCUT2D eigenvalue weighted by Crippen LogP contribution is -2.59. The fourth-order valence-electron chi connectivity index (χ4n) is 2.61. The molecule has 1 unspecified atom stereocenters. The van der Waals surface area contributed by atoms with E-state index in [9.17, 15) is 8.78 Å². The van der Waals surface area contributed by atoms with E-state index < -0.39 is 11.6 Å². The summed E-state index contributed by atoms with van der Waals surface area (Å²) in [5.74, 6) is -1.12. The van der Waals surface area contributed by atoms with Crippen molar-refractivity contribution in [3.63, 3.8) is 0 Å². The molecule has 0 saturated carbocycles. The van der Waals surface area contributed by atoms with Gasteiger partial charge in [0.2, 0.25) is 0 Å². The lowest BCUT2D eigenvalue weighted by molar-refractivity contribution is -0.0186. The van der Waals surface area contributed by atoms with Crippen molar-refractivity contribution in [1.82, 2.24) is 4.90 Å². The fraction of sp³-hybridized carbons (Fsp3) is 0.600. The second-order valence-electron chi connectivity index (χ2n) is 5.84. The molecule has 1 saturated heterocycles. The second kappa shape index (κ2) is 6.16. The van der Waals surface area contributed by atoms with Crippen LogP contribution in [0.5, 0.6) is 0 Å². The molecule has 1 heterocycles. The summed E-state index contributed by atoms with van der Waals surface area (Å²) in [5.41, 5.74) is 6.64. The molecule has 0 spiro atoms. The zero-order chi connectivity index (χ0) is 14.8. The van der Waals surface area contributed by atoms with Crippen LogP contribution in [0.4, 0.5) is 8.78 Å². The number of nitrogens with two attached hydrogens (primary N) is 1. The van der Waals surface area contributed by atoms with E-state index in [4.69, 9.17) is 10.5 Å². The number of nitrogens with zero attached hydrogens (tertiary/aromatic N) is 1. The Hall–Kier alpha value is -1.04. The molecular weight excluding hydrogens is 262 g/mol. The summed E-state index contributed by atoms with van der Waals surface area (Å²) in [6, 6.07) is 3.36. The van der Waals surface area contributed by atoms with Crippen LogP contribution in [0.15, 0.2) is 18.2 Å². The lowest BCUT2D eigenvalue weighted by atomic mass is 9.88. The summed E-state index contributed by atoms with van der Waals surface area (Å²) >= 11 is 0. The zero-order valence-electron chi connectivity index (χ0n) is 12.0. The molecule has 1 aromatic carbocycles. The minimum absolute atomic E-state index is 0.207. The van der Waals surface area contributed by atoms with Gasteiger partial charge in [-0.25, -0.2) is 8.78 Å². The van der Waals surface area contributed by atoms with E-state index in [1.54, 1.807) is 0 Å². The van der Waals surface area contributed by atoms with E-state index in [1.807, 2.05) is 0 Å². The first-order chi connectivity index (χ1) is 9.39. The minimum atomic E-state index is -0.559. The maximum atomic E-state index is 13.2. The lowest BCUT2D eigenvalue weighted by Gasteiger charge is -2.44. The van der Waals surface area contributed by atoms with Gasteiger partial charge in [0.15, 0.2) is 0 Å². The quantitative estimate of drug-likeness (QED) is 0.918. The highest BCUT2D eigenvalue weighted by molar-refractivity contribution is 5.20. The third-order valence-electron chi connectivity index (χ3n) is 4.11. The Kier molecular flexibility index (Phi) is 4.73. The van der Waals surface area contributed by atoms with E-state index in [2.05, 4.69) is 18.7 Å². The number of ether oxygens (including phenoxy) is 1. The predicted molar refractivity (Wildman–Crippen MR) is 74.5 cm³/mol. The molecule has 5 heteroatoms. The van der Waals surface area contributed by atoms with Gasteiger partial charge in [-0.3, -0.25) is 4.90 Å². The maximum Gasteiger partial charge on any atom is 0.126 e. The molecule has 1 aliphatic rings. The molecule has 0 bridgehead atoms. The Morgan fingerprint density at radius 1 is 1.20 bits per heavy atom. The van der Waals surface area contributed by atoms with E-state index in [-0.39, 0.29) is 11.6 Å². The number of halogens is 2. The van der Waals surface area contributed by atoms with Crippen molar-refractivity contribution < 1.29 is 13.5 Å². The van der Waals surface area contributed by atoms with E-state index >= 15 is 0 Å². The third kappa shape index (κ3) is 3.53. The average molecular weight is 284 g/mol. The van der Waals surface area contributed by atoms with Crippen molar-refractivity contribution >= 4 is 0 Å². The van der Waals surface area contributed by atoms with Gasteiger partial charge in [-0.15, -0.1) is 0 Å². The Labute approximate surface area is 118 Å². The molecule has 3 nitrogen and oxygen atoms in total. The molecule has 0 aliphatic carbocycles. The van der Waals surface area contributed by atoms with Gasteiger partial charge in [0.25, 0.3) is 0 Å². The maximum absolute atomic E-state index is 13.2. The van der Waals surface area contributed by atoms with Gasteiger partial charge in [-0.05, 0) is 38.0 Å². The smallest absolute Gasteiger partial charge is 0.126 e. The molecular formula is C15H22F2N2O. The van der Waals surface area contributed by atoms with Crippen LogP contribution in [0, 0.1) is 11.6 Å². The van der Waals surface area contributed by atoms with Crippen LogP contribution >= 0.6 is 0 Å². The van der Waals surface area contributed by atoms with Gasteiger partial charge < -0.3 is 10.5 Å². The van der Waals surface area contributed by atoms with Gasteiger partial charge in [-0.2, -0.15) is 0 Å². The van der Waals surface area contributed by atoms with Gasteiger partial charge in [0, 0.05) is 30.7 Å². The van der Waals surface area contributed by atoms with Gasteiger partial charge in [0.05, 0.1) is 13.2 Å². The van der Waals surface area contributed by atoms with Crippen LogP contribution in [-0.4, -0.2) is 42.8 Å². The van der Waals surface area contributed by atoms with Crippen molar-refractivity contribution in [1.29, 1.82) is 0 Å². The van der Waals surface area contributed by atoms with E-state index in [0.717, 1.165) is 19.2 Å². The first kappa shape index (κ1) is 15.4.